The van der Waals surface area contributed by atoms with Crippen LogP contribution in [0, 0.1) is 0 Å². The summed E-state index contributed by atoms with van der Waals surface area (Å²) in [5.74, 6) is -1.09. The van der Waals surface area contributed by atoms with Crippen molar-refractivity contribution in [3.63, 3.8) is 0 Å². The van der Waals surface area contributed by atoms with Crippen LogP contribution >= 0.6 is 0 Å². The number of carbonyl (C=O) groups excluding carboxylic acids is 3. The third-order valence-corrected chi connectivity index (χ3v) is 4.72. The molecule has 2 atom stereocenters. The molecule has 0 aliphatic rings. The van der Waals surface area contributed by atoms with Gasteiger partial charge in [-0.25, -0.2) is 9.59 Å². The molecule has 0 aliphatic heterocycles. The minimum absolute atomic E-state index is 0.178. The molecule has 0 heterocycles. The zero-order valence-corrected chi connectivity index (χ0v) is 21.4. The van der Waals surface area contributed by atoms with E-state index in [2.05, 4.69) is 10.6 Å². The number of benzene rings is 2. The van der Waals surface area contributed by atoms with Gasteiger partial charge < -0.3 is 25.8 Å². The van der Waals surface area contributed by atoms with Crippen molar-refractivity contribution in [3.8, 4) is 0 Å². The summed E-state index contributed by atoms with van der Waals surface area (Å²) in [5.41, 5.74) is 6.54. The Morgan fingerprint density at radius 3 is 1.80 bits per heavy atom. The van der Waals surface area contributed by atoms with E-state index in [-0.39, 0.29) is 12.8 Å². The lowest BCUT2D eigenvalue weighted by Crippen LogP contribution is -2.54. The molecule has 2 rings (SSSR count). The number of esters is 1. The lowest BCUT2D eigenvalue weighted by atomic mass is 10.0. The Morgan fingerprint density at radius 1 is 0.743 bits per heavy atom. The van der Waals surface area contributed by atoms with Gasteiger partial charge in [0.05, 0.1) is 0 Å². The molecule has 35 heavy (non-hydrogen) atoms. The van der Waals surface area contributed by atoms with Gasteiger partial charge in [-0.05, 0) is 64.8 Å². The highest BCUT2D eigenvalue weighted by molar-refractivity contribution is 5.90. The fraction of sp³-hybridized carbons (Fsp3) is 0.444. The second-order valence-corrected chi connectivity index (χ2v) is 10.4. The van der Waals surface area contributed by atoms with Crippen LogP contribution in [0.3, 0.4) is 0 Å². The molecule has 0 aromatic heterocycles. The highest BCUT2D eigenvalue weighted by atomic mass is 16.6. The maximum absolute atomic E-state index is 13.4. The van der Waals surface area contributed by atoms with E-state index >= 15 is 0 Å². The number of nitrogens with one attached hydrogen (secondary N) is 2. The number of amides is 2. The van der Waals surface area contributed by atoms with Gasteiger partial charge >= 0.3 is 12.1 Å². The molecule has 8 nitrogen and oxygen atoms in total. The number of hydrogen-bond donors (Lipinski definition) is 3. The topological polar surface area (TPSA) is 120 Å². The van der Waals surface area contributed by atoms with Crippen molar-refractivity contribution < 1.29 is 23.9 Å². The lowest BCUT2D eigenvalue weighted by Gasteiger charge is -2.27. The number of carbonyl (C=O) groups is 3. The van der Waals surface area contributed by atoms with Crippen molar-refractivity contribution in [2.24, 2.45) is 0 Å². The SMILES string of the molecule is CC(C)(C)OC(=O)N[C@@H](Cc1ccc(N)cc1)C(=O)N[C@@H](Cc1ccccc1)C(=O)OC(C)(C)C. The molecule has 8 heteroatoms. The molecule has 0 saturated carbocycles. The number of rotatable bonds is 8. The van der Waals surface area contributed by atoms with Crippen LogP contribution in [-0.4, -0.2) is 41.3 Å². The minimum Gasteiger partial charge on any atom is -0.458 e. The Kier molecular flexibility index (Phi) is 9.28. The minimum atomic E-state index is -0.991. The molecule has 2 aromatic carbocycles. The second kappa shape index (κ2) is 11.7. The molecule has 0 spiro atoms. The van der Waals surface area contributed by atoms with E-state index in [9.17, 15) is 14.4 Å². The first-order valence-corrected chi connectivity index (χ1v) is 11.6. The van der Waals surface area contributed by atoms with E-state index in [1.165, 1.54) is 0 Å². The number of alkyl carbamates (subject to hydrolysis) is 1. The highest BCUT2D eigenvalue weighted by Crippen LogP contribution is 2.14. The van der Waals surface area contributed by atoms with Crippen LogP contribution in [0.4, 0.5) is 10.5 Å². The van der Waals surface area contributed by atoms with E-state index in [1.54, 1.807) is 65.8 Å². The van der Waals surface area contributed by atoms with Gasteiger partial charge in [0, 0.05) is 18.5 Å². The maximum Gasteiger partial charge on any atom is 0.408 e. The average Bonchev–Trinajstić information content (AvgIpc) is 2.72. The molecule has 0 unspecified atom stereocenters. The van der Waals surface area contributed by atoms with E-state index in [1.807, 2.05) is 30.3 Å². The molecule has 4 N–H and O–H groups in total. The summed E-state index contributed by atoms with van der Waals surface area (Å²) in [4.78, 5) is 38.8. The first kappa shape index (κ1) is 27.7. The van der Waals surface area contributed by atoms with Gasteiger partial charge in [0.25, 0.3) is 0 Å². The molecule has 0 bridgehead atoms. The van der Waals surface area contributed by atoms with Crippen LogP contribution in [0.15, 0.2) is 54.6 Å². The van der Waals surface area contributed by atoms with Gasteiger partial charge in [0.1, 0.15) is 23.3 Å². The van der Waals surface area contributed by atoms with Gasteiger partial charge in [-0.3, -0.25) is 4.79 Å². The summed E-state index contributed by atoms with van der Waals surface area (Å²) < 4.78 is 10.9. The number of anilines is 1. The molecule has 2 aromatic rings. The quantitative estimate of drug-likeness (QED) is 0.388. The number of hydrogen-bond acceptors (Lipinski definition) is 6. The Bertz CT molecular complexity index is 992. The zero-order chi connectivity index (χ0) is 26.2. The summed E-state index contributed by atoms with van der Waals surface area (Å²) in [6.45, 7) is 10.5. The molecular formula is C27H37N3O5. The predicted octanol–water partition coefficient (Wildman–Crippen LogP) is 3.77. The largest absolute Gasteiger partial charge is 0.458 e. The first-order valence-electron chi connectivity index (χ1n) is 11.6. The molecule has 0 fully saturated rings. The molecular weight excluding hydrogens is 446 g/mol. The van der Waals surface area contributed by atoms with Gasteiger partial charge in [-0.2, -0.15) is 0 Å². The van der Waals surface area contributed by atoms with Crippen LogP contribution in [0.1, 0.15) is 52.7 Å². The third-order valence-electron chi connectivity index (χ3n) is 4.72. The highest BCUT2D eigenvalue weighted by Gasteiger charge is 2.31. The number of nitrogen functional groups attached to an aromatic ring is 1. The predicted molar refractivity (Wildman–Crippen MR) is 136 cm³/mol. The molecule has 0 radical (unpaired) electrons. The molecule has 0 aliphatic carbocycles. The van der Waals surface area contributed by atoms with Crippen LogP contribution in [-0.2, 0) is 31.9 Å². The summed E-state index contributed by atoms with van der Waals surface area (Å²) >= 11 is 0. The van der Waals surface area contributed by atoms with Gasteiger partial charge in [0.2, 0.25) is 5.91 Å². The first-order chi connectivity index (χ1) is 16.2. The average molecular weight is 484 g/mol. The zero-order valence-electron chi connectivity index (χ0n) is 21.4. The van der Waals surface area contributed by atoms with Crippen LogP contribution in [0.2, 0.25) is 0 Å². The van der Waals surface area contributed by atoms with Crippen molar-refractivity contribution in [2.75, 3.05) is 5.73 Å². The summed E-state index contributed by atoms with van der Waals surface area (Å²) in [6, 6.07) is 14.4. The monoisotopic (exact) mass is 483 g/mol. The van der Waals surface area contributed by atoms with Gasteiger partial charge in [0.15, 0.2) is 0 Å². The van der Waals surface area contributed by atoms with E-state index in [0.717, 1.165) is 11.1 Å². The second-order valence-electron chi connectivity index (χ2n) is 10.4. The summed E-state index contributed by atoms with van der Waals surface area (Å²) in [7, 11) is 0. The van der Waals surface area contributed by atoms with Gasteiger partial charge in [-0.15, -0.1) is 0 Å². The fourth-order valence-electron chi connectivity index (χ4n) is 3.24. The van der Waals surface area contributed by atoms with Crippen molar-refractivity contribution >= 4 is 23.7 Å². The van der Waals surface area contributed by atoms with Crippen LogP contribution in [0.25, 0.3) is 0 Å². The normalized spacial score (nSPS) is 13.3. The Balaban J connectivity index is 2.26. The van der Waals surface area contributed by atoms with Crippen LogP contribution in [0.5, 0.6) is 0 Å². The van der Waals surface area contributed by atoms with Gasteiger partial charge in [-0.1, -0.05) is 42.5 Å². The van der Waals surface area contributed by atoms with Crippen molar-refractivity contribution in [2.45, 2.75) is 77.7 Å². The Labute approximate surface area is 207 Å². The number of nitrogens with two attached hydrogens (primary N) is 1. The van der Waals surface area contributed by atoms with E-state index < -0.39 is 41.3 Å². The van der Waals surface area contributed by atoms with Crippen molar-refractivity contribution in [1.29, 1.82) is 0 Å². The fourth-order valence-corrected chi connectivity index (χ4v) is 3.24. The number of ether oxygens (including phenoxy) is 2. The maximum atomic E-state index is 13.4. The third kappa shape index (κ3) is 10.5. The van der Waals surface area contributed by atoms with E-state index in [0.29, 0.717) is 5.69 Å². The smallest absolute Gasteiger partial charge is 0.408 e. The van der Waals surface area contributed by atoms with E-state index in [4.69, 9.17) is 15.2 Å². The lowest BCUT2D eigenvalue weighted by molar-refractivity contribution is -0.158. The molecule has 2 amide bonds. The Hall–Kier alpha value is -3.55. The summed E-state index contributed by atoms with van der Waals surface area (Å²) in [6.07, 6.45) is -0.315. The molecule has 0 saturated heterocycles. The van der Waals surface area contributed by atoms with Crippen LogP contribution < -0.4 is 16.4 Å². The summed E-state index contributed by atoms with van der Waals surface area (Å²) in [5, 5.41) is 5.42. The van der Waals surface area contributed by atoms with Crippen molar-refractivity contribution in [3.05, 3.63) is 65.7 Å². The Morgan fingerprint density at radius 2 is 1.26 bits per heavy atom. The van der Waals surface area contributed by atoms with Crippen molar-refractivity contribution in [1.82, 2.24) is 10.6 Å². The standard InChI is InChI=1S/C27H37N3O5/c1-26(2,3)34-24(32)22(17-18-10-8-7-9-11-18)29-23(31)21(30-25(33)35-27(4,5)6)16-19-12-14-20(28)15-13-19/h7-15,21-22H,16-17,28H2,1-6H3,(H,29,31)(H,30,33)/t21-,22-/m0/s1. The molecule has 190 valence electrons.